The Morgan fingerprint density at radius 3 is 2.97 bits per heavy atom. The molecular formula is C26H30N2O3S. The van der Waals surface area contributed by atoms with Gasteiger partial charge in [-0.2, -0.15) is 0 Å². The van der Waals surface area contributed by atoms with E-state index < -0.39 is 6.10 Å². The van der Waals surface area contributed by atoms with Gasteiger partial charge in [0.05, 0.1) is 7.11 Å². The lowest BCUT2D eigenvalue weighted by molar-refractivity contribution is 0.0408. The SMILES string of the molecule is COc1ccc2cc([C@@H]3CCN(C[C@H](O)COc4cccc5[nH]ccc45)[C@H](C)C3)sc2c1. The molecule has 2 N–H and O–H groups in total. The smallest absolute Gasteiger partial charge is 0.128 e. The molecule has 0 radical (unpaired) electrons. The van der Waals surface area contributed by atoms with Gasteiger partial charge in [0.25, 0.3) is 0 Å². The second-order valence-corrected chi connectivity index (χ2v) is 9.89. The average Bonchev–Trinajstić information content (AvgIpc) is 3.45. The van der Waals surface area contributed by atoms with Crippen LogP contribution in [0.2, 0.25) is 0 Å². The van der Waals surface area contributed by atoms with Crippen molar-refractivity contribution in [1.29, 1.82) is 0 Å². The third-order valence-corrected chi connectivity index (χ3v) is 7.85. The van der Waals surface area contributed by atoms with Crippen molar-refractivity contribution in [2.45, 2.75) is 37.8 Å². The number of aromatic nitrogens is 1. The number of hydrogen-bond acceptors (Lipinski definition) is 5. The summed E-state index contributed by atoms with van der Waals surface area (Å²) in [5.41, 5.74) is 1.05. The molecule has 0 saturated carbocycles. The van der Waals surface area contributed by atoms with Crippen LogP contribution in [0.4, 0.5) is 0 Å². The highest BCUT2D eigenvalue weighted by atomic mass is 32.1. The molecule has 0 aliphatic carbocycles. The Balaban J connectivity index is 1.17. The summed E-state index contributed by atoms with van der Waals surface area (Å²) in [7, 11) is 1.72. The monoisotopic (exact) mass is 450 g/mol. The first-order valence-electron chi connectivity index (χ1n) is 11.3. The zero-order valence-corrected chi connectivity index (χ0v) is 19.4. The van der Waals surface area contributed by atoms with Gasteiger partial charge < -0.3 is 19.6 Å². The first kappa shape index (κ1) is 21.3. The largest absolute Gasteiger partial charge is 0.497 e. The molecule has 4 aromatic rings. The molecule has 1 fully saturated rings. The fourth-order valence-electron chi connectivity index (χ4n) is 4.80. The first-order valence-corrected chi connectivity index (χ1v) is 12.1. The topological polar surface area (TPSA) is 57.7 Å². The molecule has 0 amide bonds. The molecule has 32 heavy (non-hydrogen) atoms. The van der Waals surface area contributed by atoms with Crippen LogP contribution in [0.5, 0.6) is 11.5 Å². The second kappa shape index (κ2) is 9.14. The van der Waals surface area contributed by atoms with Crippen molar-refractivity contribution in [2.75, 3.05) is 26.8 Å². The fraction of sp³-hybridized carbons (Fsp3) is 0.385. The molecule has 3 atom stereocenters. The molecule has 3 heterocycles. The molecule has 0 bridgehead atoms. The fourth-order valence-corrected chi connectivity index (χ4v) is 6.04. The number of hydrogen-bond donors (Lipinski definition) is 2. The summed E-state index contributed by atoms with van der Waals surface area (Å²) in [6.07, 6.45) is 3.62. The van der Waals surface area contributed by atoms with E-state index in [0.29, 0.717) is 25.1 Å². The van der Waals surface area contributed by atoms with E-state index in [1.165, 1.54) is 15.0 Å². The molecule has 1 aliphatic heterocycles. The van der Waals surface area contributed by atoms with Crippen LogP contribution in [0.25, 0.3) is 21.0 Å². The summed E-state index contributed by atoms with van der Waals surface area (Å²) < 4.78 is 12.6. The quantitative estimate of drug-likeness (QED) is 0.396. The van der Waals surface area contributed by atoms with Crippen LogP contribution < -0.4 is 9.47 Å². The zero-order chi connectivity index (χ0) is 22.1. The Morgan fingerprint density at radius 2 is 2.12 bits per heavy atom. The number of methoxy groups -OCH3 is 1. The zero-order valence-electron chi connectivity index (χ0n) is 18.6. The molecule has 6 heteroatoms. The van der Waals surface area contributed by atoms with Crippen LogP contribution in [0.1, 0.15) is 30.6 Å². The highest BCUT2D eigenvalue weighted by Gasteiger charge is 2.29. The number of nitrogens with zero attached hydrogens (tertiary/aromatic N) is 1. The number of thiophene rings is 1. The van der Waals surface area contributed by atoms with Gasteiger partial charge in [-0.15, -0.1) is 11.3 Å². The van der Waals surface area contributed by atoms with E-state index in [9.17, 15) is 5.11 Å². The lowest BCUT2D eigenvalue weighted by Crippen LogP contribution is -2.45. The van der Waals surface area contributed by atoms with Gasteiger partial charge in [-0.3, -0.25) is 4.90 Å². The number of nitrogens with one attached hydrogen (secondary N) is 1. The third kappa shape index (κ3) is 4.35. The number of aliphatic hydroxyl groups excluding tert-OH is 1. The molecule has 2 aromatic carbocycles. The molecular weight excluding hydrogens is 420 g/mol. The number of aromatic amines is 1. The minimum Gasteiger partial charge on any atom is -0.497 e. The average molecular weight is 451 g/mol. The summed E-state index contributed by atoms with van der Waals surface area (Å²) in [4.78, 5) is 7.06. The summed E-state index contributed by atoms with van der Waals surface area (Å²) in [5, 5.41) is 13.0. The number of likely N-dealkylation sites (tertiary alicyclic amines) is 1. The molecule has 2 aromatic heterocycles. The van der Waals surface area contributed by atoms with Crippen LogP contribution in [0, 0.1) is 0 Å². The molecule has 5 nitrogen and oxygen atoms in total. The third-order valence-electron chi connectivity index (χ3n) is 6.59. The van der Waals surface area contributed by atoms with Crippen molar-refractivity contribution in [3.63, 3.8) is 0 Å². The summed E-state index contributed by atoms with van der Waals surface area (Å²) in [6.45, 7) is 4.21. The first-order chi connectivity index (χ1) is 15.6. The highest BCUT2D eigenvalue weighted by Crippen LogP contribution is 2.39. The molecule has 5 rings (SSSR count). The van der Waals surface area contributed by atoms with Crippen molar-refractivity contribution in [3.8, 4) is 11.5 Å². The van der Waals surface area contributed by atoms with E-state index in [-0.39, 0.29) is 0 Å². The van der Waals surface area contributed by atoms with Crippen LogP contribution in [-0.4, -0.2) is 53.9 Å². The van der Waals surface area contributed by atoms with Crippen molar-refractivity contribution in [2.24, 2.45) is 0 Å². The van der Waals surface area contributed by atoms with Crippen molar-refractivity contribution < 1.29 is 14.6 Å². The van der Waals surface area contributed by atoms with Gasteiger partial charge in [0.15, 0.2) is 0 Å². The molecule has 0 spiro atoms. The van der Waals surface area contributed by atoms with Gasteiger partial charge >= 0.3 is 0 Å². The highest BCUT2D eigenvalue weighted by molar-refractivity contribution is 7.19. The maximum absolute atomic E-state index is 10.6. The Morgan fingerprint density at radius 1 is 1.22 bits per heavy atom. The minimum absolute atomic E-state index is 0.301. The van der Waals surface area contributed by atoms with Gasteiger partial charge in [0.2, 0.25) is 0 Å². The number of ether oxygens (including phenoxy) is 2. The Kier molecular flexibility index (Phi) is 6.09. The van der Waals surface area contributed by atoms with Crippen LogP contribution in [0.3, 0.4) is 0 Å². The number of rotatable bonds is 7. The summed E-state index contributed by atoms with van der Waals surface area (Å²) in [5.74, 6) is 2.30. The van der Waals surface area contributed by atoms with E-state index >= 15 is 0 Å². The Labute approximate surface area is 192 Å². The lowest BCUT2D eigenvalue weighted by atomic mass is 9.90. The normalized spacial score (nSPS) is 20.6. The number of H-pyrrole nitrogens is 1. The van der Waals surface area contributed by atoms with E-state index in [0.717, 1.165) is 41.8 Å². The van der Waals surface area contributed by atoms with E-state index in [1.807, 2.05) is 47.9 Å². The second-order valence-electron chi connectivity index (χ2n) is 8.78. The predicted octanol–water partition coefficient (Wildman–Crippen LogP) is 5.40. The van der Waals surface area contributed by atoms with Crippen molar-refractivity contribution >= 4 is 32.3 Å². The minimum atomic E-state index is -0.514. The number of aliphatic hydroxyl groups is 1. The number of fused-ring (bicyclic) bond motifs is 2. The van der Waals surface area contributed by atoms with Crippen LogP contribution in [0.15, 0.2) is 54.7 Å². The molecule has 1 aliphatic rings. The van der Waals surface area contributed by atoms with Gasteiger partial charge in [-0.1, -0.05) is 6.07 Å². The number of piperidine rings is 1. The maximum atomic E-state index is 10.6. The Hall–Kier alpha value is -2.54. The standard InChI is InChI=1S/C26H30N2O3S/c1-17-12-19(25-13-18-6-7-21(30-2)14-26(18)32-25)9-11-28(17)15-20(29)16-31-24-5-3-4-23-22(24)8-10-27-23/h3-8,10,13-14,17,19-20,27,29H,9,11-12,15-16H2,1-2H3/t17-,19-,20+/m1/s1. The van der Waals surface area contributed by atoms with Crippen LogP contribution in [-0.2, 0) is 0 Å². The maximum Gasteiger partial charge on any atom is 0.128 e. The van der Waals surface area contributed by atoms with Gasteiger partial charge in [0.1, 0.15) is 24.2 Å². The molecule has 0 unspecified atom stereocenters. The summed E-state index contributed by atoms with van der Waals surface area (Å²) in [6, 6.07) is 17.0. The molecule has 168 valence electrons. The van der Waals surface area contributed by atoms with Crippen molar-refractivity contribution in [1.82, 2.24) is 9.88 Å². The lowest BCUT2D eigenvalue weighted by Gasteiger charge is -2.38. The van der Waals surface area contributed by atoms with E-state index in [1.54, 1.807) is 7.11 Å². The van der Waals surface area contributed by atoms with Gasteiger partial charge in [0, 0.05) is 39.3 Å². The van der Waals surface area contributed by atoms with Gasteiger partial charge in [-0.05, 0) is 80.1 Å². The van der Waals surface area contributed by atoms with Crippen molar-refractivity contribution in [3.05, 3.63) is 59.6 Å². The predicted molar refractivity (Wildman–Crippen MR) is 131 cm³/mol. The van der Waals surface area contributed by atoms with E-state index in [2.05, 4.69) is 35.0 Å². The van der Waals surface area contributed by atoms with Gasteiger partial charge in [-0.25, -0.2) is 0 Å². The van der Waals surface area contributed by atoms with E-state index in [4.69, 9.17) is 9.47 Å². The Bertz CT molecular complexity index is 1200. The molecule has 1 saturated heterocycles. The number of β-amino-alcohol motifs (C(OH)–C–C–N with tert-alkyl or cyclic N) is 1. The summed E-state index contributed by atoms with van der Waals surface area (Å²) >= 11 is 1.89. The number of benzene rings is 2. The van der Waals surface area contributed by atoms with Crippen LogP contribution >= 0.6 is 11.3 Å².